The maximum atomic E-state index is 13.3. The standard InChI is InChI=1S/C24H28N4O6S2/c1-3-22-25-21(15-35-22)19(13-17-9-11-18(12-10-17)28-36(31,32)33)26-23(29)20(27-24(30)34-2)14-16-7-5-4-6-8-16/h4-12,15,19-20,28H,3,13-14H2,1-2H3,(H,26,29)(H,27,30)(H,31,32,33)/p-1/t19-,20-/m0/s1. The first-order valence-corrected chi connectivity index (χ1v) is 13.4. The lowest BCUT2D eigenvalue weighted by Crippen LogP contribution is -2.49. The first-order chi connectivity index (χ1) is 17.2. The minimum absolute atomic E-state index is 0.140. The molecule has 0 unspecified atom stereocenters. The quantitative estimate of drug-likeness (QED) is 0.322. The number of carbonyl (C=O) groups is 2. The summed E-state index contributed by atoms with van der Waals surface area (Å²) >= 11 is 1.49. The van der Waals surface area contributed by atoms with Crippen molar-refractivity contribution in [1.82, 2.24) is 15.6 Å². The normalized spacial score (nSPS) is 12.9. The highest BCUT2D eigenvalue weighted by Gasteiger charge is 2.26. The third-order valence-electron chi connectivity index (χ3n) is 5.26. The maximum absolute atomic E-state index is 13.3. The molecule has 0 aliphatic carbocycles. The molecule has 2 aromatic carbocycles. The second kappa shape index (κ2) is 12.5. The van der Waals surface area contributed by atoms with Crippen LogP contribution in [0, 0.1) is 0 Å². The summed E-state index contributed by atoms with van der Waals surface area (Å²) in [5.74, 6) is -0.406. The van der Waals surface area contributed by atoms with Gasteiger partial charge in [0.1, 0.15) is 6.04 Å². The first-order valence-electron chi connectivity index (χ1n) is 11.1. The van der Waals surface area contributed by atoms with Crippen LogP contribution in [0.3, 0.4) is 0 Å². The highest BCUT2D eigenvalue weighted by molar-refractivity contribution is 7.87. The van der Waals surface area contributed by atoms with Gasteiger partial charge in [0, 0.05) is 17.5 Å². The summed E-state index contributed by atoms with van der Waals surface area (Å²) in [6.07, 6.45) is 0.631. The van der Waals surface area contributed by atoms with Crippen molar-refractivity contribution in [3.8, 4) is 0 Å². The molecule has 0 bridgehead atoms. The number of carbonyl (C=O) groups excluding carboxylic acids is 2. The van der Waals surface area contributed by atoms with Crippen molar-refractivity contribution in [1.29, 1.82) is 0 Å². The summed E-state index contributed by atoms with van der Waals surface area (Å²) < 4.78 is 39.4. The van der Waals surface area contributed by atoms with Crippen LogP contribution in [0.15, 0.2) is 60.0 Å². The van der Waals surface area contributed by atoms with Gasteiger partial charge in [0.25, 0.3) is 0 Å². The summed E-state index contributed by atoms with van der Waals surface area (Å²) in [5, 5.41) is 8.38. The molecule has 0 spiro atoms. The molecule has 3 aromatic rings. The van der Waals surface area contributed by atoms with Crippen LogP contribution >= 0.6 is 11.3 Å². The first kappa shape index (κ1) is 27.1. The molecule has 0 fully saturated rings. The van der Waals surface area contributed by atoms with Crippen LogP contribution in [0.5, 0.6) is 0 Å². The Bertz CT molecular complexity index is 1260. The molecule has 0 radical (unpaired) electrons. The Kier molecular flexibility index (Phi) is 9.39. The van der Waals surface area contributed by atoms with E-state index in [-0.39, 0.29) is 12.1 Å². The van der Waals surface area contributed by atoms with Gasteiger partial charge < -0.3 is 19.9 Å². The maximum Gasteiger partial charge on any atom is 0.407 e. The van der Waals surface area contributed by atoms with Crippen LogP contribution < -0.4 is 15.4 Å². The molecular weight excluding hydrogens is 504 g/mol. The predicted molar refractivity (Wildman–Crippen MR) is 135 cm³/mol. The molecule has 192 valence electrons. The number of benzene rings is 2. The van der Waals surface area contributed by atoms with Crippen LogP contribution in [0.1, 0.15) is 34.8 Å². The molecule has 2 amide bonds. The Balaban J connectivity index is 1.82. The third-order valence-corrected chi connectivity index (χ3v) is 6.76. The third kappa shape index (κ3) is 8.33. The minimum atomic E-state index is -4.63. The average Bonchev–Trinajstić information content (AvgIpc) is 3.33. The highest BCUT2D eigenvalue weighted by Crippen LogP contribution is 2.23. The van der Waals surface area contributed by atoms with Crippen LogP contribution in [-0.2, 0) is 39.1 Å². The Labute approximate surface area is 214 Å². The van der Waals surface area contributed by atoms with Crippen LogP contribution in [0.2, 0.25) is 0 Å². The molecule has 1 heterocycles. The van der Waals surface area contributed by atoms with E-state index in [1.165, 1.54) is 30.6 Å². The van der Waals surface area contributed by atoms with Crippen molar-refractivity contribution in [2.45, 2.75) is 38.3 Å². The van der Waals surface area contributed by atoms with Gasteiger partial charge in [-0.15, -0.1) is 11.3 Å². The summed E-state index contributed by atoms with van der Waals surface area (Å²) in [6, 6.07) is 14.1. The van der Waals surface area contributed by atoms with E-state index in [1.54, 1.807) is 12.1 Å². The number of anilines is 1. The molecule has 2 atom stereocenters. The molecule has 36 heavy (non-hydrogen) atoms. The van der Waals surface area contributed by atoms with Gasteiger partial charge in [-0.1, -0.05) is 49.4 Å². The number of thiazole rings is 1. The molecule has 3 N–H and O–H groups in total. The van der Waals surface area contributed by atoms with Crippen molar-refractivity contribution in [3.63, 3.8) is 0 Å². The van der Waals surface area contributed by atoms with E-state index in [0.717, 1.165) is 22.6 Å². The second-order valence-electron chi connectivity index (χ2n) is 7.92. The summed E-state index contributed by atoms with van der Waals surface area (Å²) in [7, 11) is -3.40. The number of nitrogens with zero attached hydrogens (tertiary/aromatic N) is 1. The van der Waals surface area contributed by atoms with Crippen molar-refractivity contribution in [2.24, 2.45) is 0 Å². The van der Waals surface area contributed by atoms with E-state index in [1.807, 2.05) is 47.4 Å². The molecule has 1 aromatic heterocycles. The molecular formula is C24H27N4O6S2-. The van der Waals surface area contributed by atoms with Gasteiger partial charge in [-0.05, 0) is 36.1 Å². The van der Waals surface area contributed by atoms with Gasteiger partial charge >= 0.3 is 6.09 Å². The van der Waals surface area contributed by atoms with Gasteiger partial charge in [-0.3, -0.25) is 9.52 Å². The topological polar surface area (TPSA) is 150 Å². The number of nitrogens with one attached hydrogen (secondary N) is 3. The zero-order valence-electron chi connectivity index (χ0n) is 19.8. The Morgan fingerprint density at radius 2 is 1.69 bits per heavy atom. The molecule has 0 aliphatic rings. The van der Waals surface area contributed by atoms with E-state index in [0.29, 0.717) is 12.1 Å². The van der Waals surface area contributed by atoms with Crippen LogP contribution in [-0.4, -0.2) is 43.1 Å². The van der Waals surface area contributed by atoms with Crippen molar-refractivity contribution in [3.05, 3.63) is 81.8 Å². The van der Waals surface area contributed by atoms with Gasteiger partial charge in [-0.25, -0.2) is 18.2 Å². The lowest BCUT2D eigenvalue weighted by molar-refractivity contribution is -0.123. The van der Waals surface area contributed by atoms with Gasteiger partial charge in [0.2, 0.25) is 5.91 Å². The number of hydrogen-bond donors (Lipinski definition) is 3. The van der Waals surface area contributed by atoms with E-state index in [9.17, 15) is 22.6 Å². The Morgan fingerprint density at radius 1 is 1.03 bits per heavy atom. The van der Waals surface area contributed by atoms with E-state index in [2.05, 4.69) is 15.6 Å². The average molecular weight is 532 g/mol. The summed E-state index contributed by atoms with van der Waals surface area (Å²) in [6.45, 7) is 1.99. The number of hydrogen-bond acceptors (Lipinski definition) is 8. The summed E-state index contributed by atoms with van der Waals surface area (Å²) in [4.78, 5) is 29.9. The fraction of sp³-hybridized carbons (Fsp3) is 0.292. The van der Waals surface area contributed by atoms with Crippen molar-refractivity contribution in [2.75, 3.05) is 11.8 Å². The molecule has 10 nitrogen and oxygen atoms in total. The molecule has 0 saturated carbocycles. The van der Waals surface area contributed by atoms with E-state index < -0.39 is 34.4 Å². The monoisotopic (exact) mass is 531 g/mol. The van der Waals surface area contributed by atoms with E-state index in [4.69, 9.17) is 4.74 Å². The molecule has 0 saturated heterocycles. The second-order valence-corrected chi connectivity index (χ2v) is 9.97. The Hall–Kier alpha value is -3.48. The number of amides is 2. The number of rotatable bonds is 11. The summed E-state index contributed by atoms with van der Waals surface area (Å²) in [5.41, 5.74) is 2.46. The fourth-order valence-electron chi connectivity index (χ4n) is 3.50. The van der Waals surface area contributed by atoms with Crippen molar-refractivity contribution < 1.29 is 27.3 Å². The van der Waals surface area contributed by atoms with Gasteiger partial charge in [0.05, 0.1) is 23.9 Å². The lowest BCUT2D eigenvalue weighted by Gasteiger charge is -2.23. The number of methoxy groups -OCH3 is 1. The number of alkyl carbamates (subject to hydrolysis) is 1. The SMILES string of the molecule is CCc1nc([C@H](Cc2ccc(NS(=O)(=O)[O-])cc2)NC(=O)[C@H](Cc2ccccc2)NC(=O)OC)cs1. The molecule has 3 rings (SSSR count). The van der Waals surface area contributed by atoms with Gasteiger partial charge in [-0.2, -0.15) is 0 Å². The zero-order valence-corrected chi connectivity index (χ0v) is 21.4. The highest BCUT2D eigenvalue weighted by atomic mass is 32.2. The van der Waals surface area contributed by atoms with Crippen LogP contribution in [0.25, 0.3) is 0 Å². The number of aryl methyl sites for hydroxylation is 1. The predicted octanol–water partition coefficient (Wildman–Crippen LogP) is 2.94. The fourth-order valence-corrected chi connectivity index (χ4v) is 4.72. The smallest absolute Gasteiger partial charge is 0.407 e. The molecule has 0 aliphatic heterocycles. The minimum Gasteiger partial charge on any atom is -0.731 e. The Morgan fingerprint density at radius 3 is 2.28 bits per heavy atom. The number of ether oxygens (including phenoxy) is 1. The van der Waals surface area contributed by atoms with Gasteiger partial charge in [0.15, 0.2) is 10.3 Å². The molecule has 12 heteroatoms. The van der Waals surface area contributed by atoms with E-state index >= 15 is 0 Å². The van der Waals surface area contributed by atoms with Crippen LogP contribution in [0.4, 0.5) is 10.5 Å². The lowest BCUT2D eigenvalue weighted by atomic mass is 10.0. The largest absolute Gasteiger partial charge is 0.731 e. The van der Waals surface area contributed by atoms with Crippen molar-refractivity contribution >= 4 is 39.3 Å². The zero-order chi connectivity index (χ0) is 26.1. The number of aromatic nitrogens is 1.